The highest BCUT2D eigenvalue weighted by atomic mass is 16.5. The molecule has 1 unspecified atom stereocenters. The first kappa shape index (κ1) is 16.4. The summed E-state index contributed by atoms with van der Waals surface area (Å²) in [7, 11) is 1.63. The van der Waals surface area contributed by atoms with Crippen molar-refractivity contribution in [3.8, 4) is 5.75 Å². The molecule has 1 aromatic heterocycles. The normalized spacial score (nSPS) is 13.7. The van der Waals surface area contributed by atoms with Gasteiger partial charge in [-0.15, -0.1) is 0 Å². The minimum Gasteiger partial charge on any atom is -0.496 e. The van der Waals surface area contributed by atoms with Crippen LogP contribution in [0, 0.1) is 19.3 Å². The zero-order chi connectivity index (χ0) is 15.3. The Morgan fingerprint density at radius 3 is 2.60 bits per heavy atom. The Balaban J connectivity index is 3.10. The minimum absolute atomic E-state index is 0.211. The maximum Gasteiger partial charge on any atom is 0.313 e. The fourth-order valence-electron chi connectivity index (χ4n) is 2.15. The van der Waals surface area contributed by atoms with E-state index in [2.05, 4.69) is 4.98 Å². The number of hydrogen-bond donors (Lipinski definition) is 1. The molecule has 0 aliphatic heterocycles. The van der Waals surface area contributed by atoms with Gasteiger partial charge in [-0.2, -0.15) is 0 Å². The molecule has 5 heteroatoms. The molecule has 1 aromatic rings. The van der Waals surface area contributed by atoms with Crippen LogP contribution in [0.1, 0.15) is 30.7 Å². The van der Waals surface area contributed by atoms with Gasteiger partial charge in [-0.1, -0.05) is 0 Å². The van der Waals surface area contributed by atoms with Crippen LogP contribution < -0.4 is 10.5 Å². The van der Waals surface area contributed by atoms with Crippen molar-refractivity contribution in [3.05, 3.63) is 23.0 Å². The number of methoxy groups -OCH3 is 1. The van der Waals surface area contributed by atoms with Crippen LogP contribution in [0.5, 0.6) is 5.75 Å². The summed E-state index contributed by atoms with van der Waals surface area (Å²) in [6.45, 7) is 8.03. The number of nitrogens with two attached hydrogens (primary N) is 1. The number of ether oxygens (including phenoxy) is 2. The van der Waals surface area contributed by atoms with Gasteiger partial charge in [0.1, 0.15) is 5.75 Å². The van der Waals surface area contributed by atoms with Crippen LogP contribution in [0.2, 0.25) is 0 Å². The van der Waals surface area contributed by atoms with Gasteiger partial charge in [0, 0.05) is 36.0 Å². The summed E-state index contributed by atoms with van der Waals surface area (Å²) >= 11 is 0. The average Bonchev–Trinajstić information content (AvgIpc) is 2.42. The van der Waals surface area contributed by atoms with Crippen molar-refractivity contribution in [2.24, 2.45) is 11.1 Å². The Bertz CT molecular complexity index is 488. The van der Waals surface area contributed by atoms with Crippen molar-refractivity contribution >= 4 is 5.97 Å². The molecule has 0 saturated heterocycles. The molecule has 1 heterocycles. The summed E-state index contributed by atoms with van der Waals surface area (Å²) in [6, 6.07) is 0. The molecule has 1 rings (SSSR count). The number of hydrogen-bond acceptors (Lipinski definition) is 5. The van der Waals surface area contributed by atoms with E-state index in [1.165, 1.54) is 0 Å². The van der Waals surface area contributed by atoms with Crippen LogP contribution in [0.15, 0.2) is 6.20 Å². The second-order valence-electron chi connectivity index (χ2n) is 5.21. The first-order valence-electron chi connectivity index (χ1n) is 6.76. The molecule has 112 valence electrons. The number of carbonyl (C=O) groups excluding carboxylic acids is 1. The Hall–Kier alpha value is -1.62. The summed E-state index contributed by atoms with van der Waals surface area (Å²) in [5, 5.41) is 0. The molecule has 2 N–H and O–H groups in total. The third-order valence-corrected chi connectivity index (χ3v) is 3.53. The molecular weight excluding hydrogens is 256 g/mol. The molecule has 5 nitrogen and oxygen atoms in total. The molecule has 0 amide bonds. The number of carbonyl (C=O) groups is 1. The highest BCUT2D eigenvalue weighted by Crippen LogP contribution is 2.29. The Morgan fingerprint density at radius 2 is 2.10 bits per heavy atom. The van der Waals surface area contributed by atoms with Gasteiger partial charge in [-0.25, -0.2) is 0 Å². The first-order chi connectivity index (χ1) is 9.39. The van der Waals surface area contributed by atoms with Crippen molar-refractivity contribution < 1.29 is 14.3 Å². The Kier molecular flexibility index (Phi) is 5.51. The number of nitrogens with zero attached hydrogens (tertiary/aromatic N) is 1. The first-order valence-corrected chi connectivity index (χ1v) is 6.76. The quantitative estimate of drug-likeness (QED) is 0.804. The van der Waals surface area contributed by atoms with Crippen LogP contribution in [-0.4, -0.2) is 31.2 Å². The molecule has 0 aliphatic carbocycles. The van der Waals surface area contributed by atoms with Crippen molar-refractivity contribution in [3.63, 3.8) is 0 Å². The van der Waals surface area contributed by atoms with Gasteiger partial charge in [0.2, 0.25) is 0 Å². The molecule has 0 aromatic carbocycles. The lowest BCUT2D eigenvalue weighted by Crippen LogP contribution is -2.39. The van der Waals surface area contributed by atoms with Crippen LogP contribution in [-0.2, 0) is 16.0 Å². The lowest BCUT2D eigenvalue weighted by atomic mass is 9.84. The van der Waals surface area contributed by atoms with E-state index >= 15 is 0 Å². The number of esters is 1. The van der Waals surface area contributed by atoms with Gasteiger partial charge >= 0.3 is 5.97 Å². The Morgan fingerprint density at radius 1 is 1.45 bits per heavy atom. The predicted octanol–water partition coefficient (Wildman–Crippen LogP) is 1.78. The van der Waals surface area contributed by atoms with E-state index in [0.717, 1.165) is 22.6 Å². The number of rotatable bonds is 6. The van der Waals surface area contributed by atoms with Crippen molar-refractivity contribution in [1.29, 1.82) is 0 Å². The molecule has 0 aliphatic rings. The van der Waals surface area contributed by atoms with Crippen molar-refractivity contribution in [2.75, 3.05) is 20.3 Å². The summed E-state index contributed by atoms with van der Waals surface area (Å²) in [4.78, 5) is 16.5. The van der Waals surface area contributed by atoms with Gasteiger partial charge in [0.25, 0.3) is 0 Å². The van der Waals surface area contributed by atoms with Crippen LogP contribution in [0.3, 0.4) is 0 Å². The maximum absolute atomic E-state index is 12.1. The third-order valence-electron chi connectivity index (χ3n) is 3.53. The number of aromatic nitrogens is 1. The van der Waals surface area contributed by atoms with E-state index in [0.29, 0.717) is 13.0 Å². The topological polar surface area (TPSA) is 74.4 Å². The third kappa shape index (κ3) is 3.28. The molecule has 0 fully saturated rings. The summed E-state index contributed by atoms with van der Waals surface area (Å²) in [5.74, 6) is 0.515. The summed E-state index contributed by atoms with van der Waals surface area (Å²) in [5.41, 5.74) is 7.73. The highest BCUT2D eigenvalue weighted by molar-refractivity contribution is 5.77. The molecule has 1 atom stereocenters. The van der Waals surface area contributed by atoms with Gasteiger partial charge < -0.3 is 15.2 Å². The van der Waals surface area contributed by atoms with Crippen molar-refractivity contribution in [2.45, 2.75) is 34.1 Å². The van der Waals surface area contributed by atoms with Gasteiger partial charge in [0.05, 0.1) is 19.1 Å². The standard InChI is InChI=1S/C15H24N2O3/c1-6-20-14(18)15(4,9-16)7-12-11(3)13(19-5)10(2)8-17-12/h8H,6-7,9,16H2,1-5H3. The maximum atomic E-state index is 12.1. The second kappa shape index (κ2) is 6.70. The SMILES string of the molecule is CCOC(=O)C(C)(CN)Cc1ncc(C)c(OC)c1C. The second-order valence-corrected chi connectivity index (χ2v) is 5.21. The molecule has 0 saturated carbocycles. The van der Waals surface area contributed by atoms with E-state index in [1.54, 1.807) is 27.2 Å². The zero-order valence-corrected chi connectivity index (χ0v) is 12.9. The predicted molar refractivity (Wildman–Crippen MR) is 77.8 cm³/mol. The molecular formula is C15H24N2O3. The van der Waals surface area contributed by atoms with E-state index in [4.69, 9.17) is 15.2 Å². The fraction of sp³-hybridized carbons (Fsp3) is 0.600. The smallest absolute Gasteiger partial charge is 0.313 e. The van der Waals surface area contributed by atoms with Crippen LogP contribution >= 0.6 is 0 Å². The monoisotopic (exact) mass is 280 g/mol. The summed E-state index contributed by atoms with van der Waals surface area (Å²) in [6.07, 6.45) is 2.19. The minimum atomic E-state index is -0.770. The largest absolute Gasteiger partial charge is 0.496 e. The Labute approximate surface area is 120 Å². The van der Waals surface area contributed by atoms with E-state index < -0.39 is 5.41 Å². The molecule has 0 bridgehead atoms. The van der Waals surface area contributed by atoms with E-state index in [1.807, 2.05) is 13.8 Å². The van der Waals surface area contributed by atoms with Crippen LogP contribution in [0.4, 0.5) is 0 Å². The van der Waals surface area contributed by atoms with Gasteiger partial charge in [-0.3, -0.25) is 9.78 Å². The lowest BCUT2D eigenvalue weighted by molar-refractivity contribution is -0.153. The molecule has 0 radical (unpaired) electrons. The molecule has 0 spiro atoms. The number of pyridine rings is 1. The zero-order valence-electron chi connectivity index (χ0n) is 12.9. The number of aryl methyl sites for hydroxylation is 1. The van der Waals surface area contributed by atoms with Gasteiger partial charge in [0.15, 0.2) is 0 Å². The average molecular weight is 280 g/mol. The van der Waals surface area contributed by atoms with Crippen molar-refractivity contribution in [1.82, 2.24) is 4.98 Å². The lowest BCUT2D eigenvalue weighted by Gasteiger charge is -2.26. The van der Waals surface area contributed by atoms with Crippen LogP contribution in [0.25, 0.3) is 0 Å². The van der Waals surface area contributed by atoms with Gasteiger partial charge in [-0.05, 0) is 27.7 Å². The summed E-state index contributed by atoms with van der Waals surface area (Å²) < 4.78 is 10.5. The molecule has 20 heavy (non-hydrogen) atoms. The fourth-order valence-corrected chi connectivity index (χ4v) is 2.15. The van der Waals surface area contributed by atoms with E-state index in [-0.39, 0.29) is 12.5 Å². The van der Waals surface area contributed by atoms with E-state index in [9.17, 15) is 4.79 Å². The highest BCUT2D eigenvalue weighted by Gasteiger charge is 2.35.